The summed E-state index contributed by atoms with van der Waals surface area (Å²) in [4.78, 5) is 0. The van der Waals surface area contributed by atoms with Crippen LogP contribution in [0, 0.1) is 0 Å². The highest BCUT2D eigenvalue weighted by Crippen LogP contribution is 2.54. The third-order valence-corrected chi connectivity index (χ3v) is 9.06. The van der Waals surface area contributed by atoms with Crippen LogP contribution in [0.25, 0.3) is 0 Å². The average Bonchev–Trinajstić information content (AvgIpc) is 2.26. The highest BCUT2D eigenvalue weighted by Gasteiger charge is 2.42. The van der Waals surface area contributed by atoms with Crippen LogP contribution >= 0.6 is 7.82 Å². The minimum atomic E-state index is -4.62. The number of hydrogen-bond donors (Lipinski definition) is 0. The molecule has 0 saturated heterocycles. The lowest BCUT2D eigenvalue weighted by Gasteiger charge is -2.27. The molecule has 0 aliphatic rings. The Morgan fingerprint density at radius 1 is 1.07 bits per heavy atom. The van der Waals surface area contributed by atoms with Crippen molar-refractivity contribution in [2.75, 3.05) is 0 Å². The first-order valence-electron chi connectivity index (χ1n) is 4.43. The molecule has 0 aliphatic heterocycles. The Balaban J connectivity index is 4.65. The highest BCUT2D eigenvalue weighted by molar-refractivity contribution is 7.50. The van der Waals surface area contributed by atoms with E-state index in [2.05, 4.69) is 9.46 Å². The van der Waals surface area contributed by atoms with Gasteiger partial charge < -0.3 is 4.21 Å². The second kappa shape index (κ2) is 5.92. The molecule has 0 N–H and O–H groups in total. The van der Waals surface area contributed by atoms with Gasteiger partial charge in [-0.05, 0) is 27.2 Å². The lowest BCUT2D eigenvalue weighted by atomic mass is 10.9. The first-order valence-corrected chi connectivity index (χ1v) is 8.42. The normalized spacial score (nSPS) is 13.2. The molecule has 0 aromatic rings. The van der Waals surface area contributed by atoms with Crippen molar-refractivity contribution in [1.82, 2.24) is 0 Å². The van der Waals surface area contributed by atoms with E-state index in [1.54, 1.807) is 0 Å². The van der Waals surface area contributed by atoms with Crippen molar-refractivity contribution in [2.45, 2.75) is 38.9 Å². The van der Waals surface area contributed by atoms with Gasteiger partial charge in [-0.15, -0.1) is 0 Å². The van der Waals surface area contributed by atoms with Gasteiger partial charge in [-0.2, -0.15) is 0 Å². The van der Waals surface area contributed by atoms with Gasteiger partial charge in [0.15, 0.2) is 0 Å². The molecule has 0 aromatic carbocycles. The third kappa shape index (κ3) is 3.40. The van der Waals surface area contributed by atoms with Crippen LogP contribution in [0.5, 0.6) is 0 Å². The van der Waals surface area contributed by atoms with Crippen molar-refractivity contribution in [3.8, 4) is 0 Å². The summed E-state index contributed by atoms with van der Waals surface area (Å²) in [7, 11) is -7.01. The molecule has 14 heavy (non-hydrogen) atoms. The van der Waals surface area contributed by atoms with Crippen LogP contribution in [0.2, 0.25) is 18.1 Å². The summed E-state index contributed by atoms with van der Waals surface area (Å²) < 4.78 is 45.3. The molecule has 0 rings (SSSR count). The summed E-state index contributed by atoms with van der Waals surface area (Å²) in [5, 5.41) is 0. The maximum atomic E-state index is 11.8. The molecule has 0 aliphatic carbocycles. The smallest absolute Gasteiger partial charge is 0.326 e. The fraction of sp³-hybridized carbons (Fsp3) is 1.00. The van der Waals surface area contributed by atoms with Gasteiger partial charge in [0.2, 0.25) is 8.32 Å². The van der Waals surface area contributed by atoms with E-state index in [9.17, 15) is 13.6 Å². The number of hydrogen-bond acceptors (Lipinski definition) is 4. The first-order chi connectivity index (χ1) is 6.51. The lowest BCUT2D eigenvalue weighted by Crippen LogP contribution is -2.34. The molecule has 0 fully saturated rings. The van der Waals surface area contributed by atoms with Crippen LogP contribution in [-0.2, 0) is 18.2 Å². The second-order valence-corrected chi connectivity index (χ2v) is 9.31. The van der Waals surface area contributed by atoms with Gasteiger partial charge in [0.1, 0.15) is 0 Å². The maximum absolute atomic E-state index is 11.8. The van der Waals surface area contributed by atoms with Crippen LogP contribution < -0.4 is 0 Å². The van der Waals surface area contributed by atoms with Crippen LogP contribution in [0.4, 0.5) is 9.05 Å². The molecule has 4 nitrogen and oxygen atoms in total. The lowest BCUT2D eigenvalue weighted by molar-refractivity contribution is -0.108. The van der Waals surface area contributed by atoms with Gasteiger partial charge in [0.25, 0.3) is 0 Å². The quantitative estimate of drug-likeness (QED) is 0.506. The molecule has 0 radical (unpaired) electrons. The van der Waals surface area contributed by atoms with E-state index in [-0.39, 0.29) is 0 Å². The summed E-state index contributed by atoms with van der Waals surface area (Å²) in [5.41, 5.74) is 0. The van der Waals surface area contributed by atoms with Gasteiger partial charge >= 0.3 is 7.82 Å². The zero-order valence-electron chi connectivity index (χ0n) is 8.46. The van der Waals surface area contributed by atoms with E-state index in [1.807, 2.05) is 20.8 Å². The summed E-state index contributed by atoms with van der Waals surface area (Å²) in [5.74, 6) is 0. The Bertz CT molecular complexity index is 196. The minimum Gasteiger partial charge on any atom is -0.326 e. The van der Waals surface area contributed by atoms with Gasteiger partial charge in [0, 0.05) is 0 Å². The highest BCUT2D eigenvalue weighted by atomic mass is 31.2. The van der Waals surface area contributed by atoms with Crippen molar-refractivity contribution in [3.05, 3.63) is 0 Å². The van der Waals surface area contributed by atoms with Crippen molar-refractivity contribution in [3.63, 3.8) is 0 Å². The van der Waals surface area contributed by atoms with E-state index in [1.165, 1.54) is 0 Å². The van der Waals surface area contributed by atoms with Crippen molar-refractivity contribution in [1.29, 1.82) is 0 Å². The Morgan fingerprint density at radius 3 is 1.64 bits per heavy atom. The molecular formula is C6H15F2O4PSi. The average molecular weight is 248 g/mol. The Morgan fingerprint density at radius 2 is 1.43 bits per heavy atom. The summed E-state index contributed by atoms with van der Waals surface area (Å²) in [6.07, 6.45) is 0. The van der Waals surface area contributed by atoms with E-state index >= 15 is 0 Å². The second-order valence-electron chi connectivity index (χ2n) is 2.92. The molecule has 0 amide bonds. The van der Waals surface area contributed by atoms with Gasteiger partial charge in [-0.3, -0.25) is 0 Å². The van der Waals surface area contributed by atoms with Gasteiger partial charge in [-0.1, -0.05) is 30.2 Å². The van der Waals surface area contributed by atoms with Gasteiger partial charge in [-0.25, -0.2) is 4.57 Å². The van der Waals surface area contributed by atoms with Crippen LogP contribution in [0.1, 0.15) is 20.8 Å². The first kappa shape index (κ1) is 14.2. The standard InChI is InChI=1S/C6H15F2O4PSi/c1-4-14(5-2,6-3)12-13(9,10-7)11-8/h4-6H2,1-3H3. The molecule has 0 atom stereocenters. The number of halogens is 2. The predicted octanol–water partition coefficient (Wildman–Crippen LogP) is 3.92. The topological polar surface area (TPSA) is 44.8 Å². The van der Waals surface area contributed by atoms with Crippen molar-refractivity contribution in [2.24, 2.45) is 0 Å². The van der Waals surface area contributed by atoms with Crippen molar-refractivity contribution >= 4 is 16.1 Å². The van der Waals surface area contributed by atoms with Gasteiger partial charge in [0.05, 0.1) is 0 Å². The summed E-state index contributed by atoms with van der Waals surface area (Å²) in [6, 6.07) is 1.78. The van der Waals surface area contributed by atoms with E-state index in [4.69, 9.17) is 4.21 Å². The van der Waals surface area contributed by atoms with Crippen molar-refractivity contribution < 1.29 is 27.3 Å². The van der Waals surface area contributed by atoms with E-state index in [0.717, 1.165) is 0 Å². The minimum absolute atomic E-state index is 0.594. The Labute approximate surface area is 83.1 Å². The maximum Gasteiger partial charge on any atom is 0.527 e. The fourth-order valence-corrected chi connectivity index (χ4v) is 6.41. The summed E-state index contributed by atoms with van der Waals surface area (Å²) >= 11 is 0. The largest absolute Gasteiger partial charge is 0.527 e. The summed E-state index contributed by atoms with van der Waals surface area (Å²) in [6.45, 7) is 5.46. The van der Waals surface area contributed by atoms with E-state index in [0.29, 0.717) is 18.1 Å². The molecule has 86 valence electrons. The third-order valence-electron chi connectivity index (χ3n) is 2.41. The number of phosphoric acid groups is 1. The molecule has 0 bridgehead atoms. The van der Waals surface area contributed by atoms with Crippen LogP contribution in [0.15, 0.2) is 0 Å². The monoisotopic (exact) mass is 248 g/mol. The molecule has 0 heterocycles. The Hall–Kier alpha value is 0.187. The molecule has 8 heteroatoms. The Kier molecular flexibility index (Phi) is 6.00. The molecular weight excluding hydrogens is 233 g/mol. The predicted molar refractivity (Wildman–Crippen MR) is 50.3 cm³/mol. The molecule has 0 unspecified atom stereocenters. The number of rotatable bonds is 7. The zero-order chi connectivity index (χ0) is 11.2. The SMILES string of the molecule is CC[Si](CC)(CC)OP(=O)(OF)OF. The van der Waals surface area contributed by atoms with E-state index < -0.39 is 16.1 Å². The molecule has 0 spiro atoms. The van der Waals surface area contributed by atoms with Crippen LogP contribution in [-0.4, -0.2) is 8.32 Å². The van der Waals surface area contributed by atoms with Crippen LogP contribution in [0.3, 0.4) is 0 Å². The molecule has 0 saturated carbocycles. The zero-order valence-corrected chi connectivity index (χ0v) is 10.4. The molecule has 0 aromatic heterocycles. The fourth-order valence-electron chi connectivity index (χ4n) is 1.22.